The van der Waals surface area contributed by atoms with Crippen LogP contribution in [0.1, 0.15) is 5.56 Å². The number of ether oxygens (including phenoxy) is 1. The largest absolute Gasteiger partial charge is 0.497 e. The summed E-state index contributed by atoms with van der Waals surface area (Å²) in [5.41, 5.74) is 1.62. The minimum absolute atomic E-state index is 0.107. The fourth-order valence-electron chi connectivity index (χ4n) is 1.61. The predicted molar refractivity (Wildman–Crippen MR) is 76.7 cm³/mol. The monoisotopic (exact) mass is 299 g/mol. The molecule has 0 aliphatic heterocycles. The van der Waals surface area contributed by atoms with Crippen LogP contribution in [0.3, 0.4) is 0 Å². The number of nitrogens with one attached hydrogen (secondary N) is 1. The van der Waals surface area contributed by atoms with Crippen molar-refractivity contribution in [1.82, 2.24) is 0 Å². The van der Waals surface area contributed by atoms with Gasteiger partial charge in [-0.25, -0.2) is 4.39 Å². The Hall–Kier alpha value is -1.45. The van der Waals surface area contributed by atoms with Gasteiger partial charge in [0, 0.05) is 12.6 Å². The van der Waals surface area contributed by atoms with Crippen LogP contribution in [0.25, 0.3) is 0 Å². The number of benzene rings is 2. The minimum atomic E-state index is -0.426. The lowest BCUT2D eigenvalue weighted by Gasteiger charge is -2.10. The second-order valence-corrected chi connectivity index (χ2v) is 4.76. The highest BCUT2D eigenvalue weighted by atomic mass is 35.5. The van der Waals surface area contributed by atoms with Gasteiger partial charge in [0.2, 0.25) is 0 Å². The lowest BCUT2D eigenvalue weighted by atomic mass is 10.2. The van der Waals surface area contributed by atoms with Gasteiger partial charge < -0.3 is 10.1 Å². The van der Waals surface area contributed by atoms with E-state index in [1.165, 1.54) is 6.07 Å². The summed E-state index contributed by atoms with van der Waals surface area (Å²) in [7, 11) is 1.59. The van der Waals surface area contributed by atoms with E-state index in [1.807, 2.05) is 0 Å². The van der Waals surface area contributed by atoms with Crippen molar-refractivity contribution in [3.05, 3.63) is 57.8 Å². The fourth-order valence-corrected chi connectivity index (χ4v) is 2.00. The molecule has 0 spiro atoms. The maximum Gasteiger partial charge on any atom is 0.141 e. The molecule has 0 heterocycles. The molecule has 19 heavy (non-hydrogen) atoms. The second-order valence-electron chi connectivity index (χ2n) is 3.95. The molecular formula is C14H12Cl2FNO. The van der Waals surface area contributed by atoms with Crippen molar-refractivity contribution in [3.8, 4) is 5.75 Å². The van der Waals surface area contributed by atoms with Crippen molar-refractivity contribution in [2.45, 2.75) is 6.54 Å². The third-order valence-electron chi connectivity index (χ3n) is 2.64. The van der Waals surface area contributed by atoms with E-state index >= 15 is 0 Å². The molecule has 2 aromatic rings. The van der Waals surface area contributed by atoms with Crippen molar-refractivity contribution in [3.63, 3.8) is 0 Å². The first-order chi connectivity index (χ1) is 9.10. The van der Waals surface area contributed by atoms with Crippen molar-refractivity contribution < 1.29 is 9.13 Å². The summed E-state index contributed by atoms with van der Waals surface area (Å²) in [4.78, 5) is 0. The zero-order valence-electron chi connectivity index (χ0n) is 10.2. The summed E-state index contributed by atoms with van der Waals surface area (Å²) < 4.78 is 18.2. The molecular weight excluding hydrogens is 288 g/mol. The Kier molecular flexibility index (Phi) is 4.51. The summed E-state index contributed by atoms with van der Waals surface area (Å²) in [5.74, 6) is 0.286. The number of rotatable bonds is 4. The molecule has 2 rings (SSSR count). The molecule has 0 aliphatic carbocycles. The van der Waals surface area contributed by atoms with E-state index < -0.39 is 5.82 Å². The normalized spacial score (nSPS) is 10.3. The van der Waals surface area contributed by atoms with Crippen LogP contribution in [0.5, 0.6) is 5.75 Å². The Labute approximate surface area is 121 Å². The van der Waals surface area contributed by atoms with Gasteiger partial charge in [-0.3, -0.25) is 0 Å². The molecule has 0 amide bonds. The van der Waals surface area contributed by atoms with E-state index in [2.05, 4.69) is 5.32 Å². The van der Waals surface area contributed by atoms with Crippen LogP contribution >= 0.6 is 23.2 Å². The molecule has 0 bridgehead atoms. The highest BCUT2D eigenvalue weighted by Gasteiger charge is 2.04. The van der Waals surface area contributed by atoms with Gasteiger partial charge in [-0.05, 0) is 29.8 Å². The number of halogens is 3. The average molecular weight is 300 g/mol. The number of anilines is 1. The standard InChI is InChI=1S/C14H12Cl2FNO/c1-19-10-3-4-11(15)14(7-10)18-8-9-2-5-13(17)12(16)6-9/h2-7,18H,8H2,1H3. The quantitative estimate of drug-likeness (QED) is 0.879. The van der Waals surface area contributed by atoms with E-state index in [1.54, 1.807) is 37.4 Å². The maximum atomic E-state index is 13.0. The second kappa shape index (κ2) is 6.13. The van der Waals surface area contributed by atoms with Gasteiger partial charge in [0.15, 0.2) is 0 Å². The lowest BCUT2D eigenvalue weighted by molar-refractivity contribution is 0.415. The zero-order valence-corrected chi connectivity index (χ0v) is 11.7. The SMILES string of the molecule is COc1ccc(Cl)c(NCc2ccc(F)c(Cl)c2)c1. The predicted octanol–water partition coefficient (Wildman–Crippen LogP) is 4.75. The molecule has 0 atom stereocenters. The fraction of sp³-hybridized carbons (Fsp3) is 0.143. The highest BCUT2D eigenvalue weighted by Crippen LogP contribution is 2.27. The molecule has 0 aromatic heterocycles. The summed E-state index contributed by atoms with van der Waals surface area (Å²) >= 11 is 11.8. The highest BCUT2D eigenvalue weighted by molar-refractivity contribution is 6.33. The lowest BCUT2D eigenvalue weighted by Crippen LogP contribution is -2.00. The molecule has 0 saturated heterocycles. The van der Waals surface area contributed by atoms with Gasteiger partial charge >= 0.3 is 0 Å². The van der Waals surface area contributed by atoms with Crippen LogP contribution in [0.2, 0.25) is 10.0 Å². The summed E-state index contributed by atoms with van der Waals surface area (Å²) in [5, 5.41) is 3.86. The van der Waals surface area contributed by atoms with Gasteiger partial charge in [-0.2, -0.15) is 0 Å². The van der Waals surface area contributed by atoms with Crippen LogP contribution in [-0.4, -0.2) is 7.11 Å². The van der Waals surface area contributed by atoms with Gasteiger partial charge in [-0.1, -0.05) is 29.3 Å². The van der Waals surface area contributed by atoms with E-state index in [0.717, 1.165) is 11.3 Å². The number of hydrogen-bond acceptors (Lipinski definition) is 2. The van der Waals surface area contributed by atoms with Crippen LogP contribution in [0.15, 0.2) is 36.4 Å². The molecule has 100 valence electrons. The minimum Gasteiger partial charge on any atom is -0.497 e. The Bertz CT molecular complexity index is 590. The molecule has 0 aliphatic rings. The van der Waals surface area contributed by atoms with Gasteiger partial charge in [-0.15, -0.1) is 0 Å². The maximum absolute atomic E-state index is 13.0. The molecule has 0 saturated carbocycles. The zero-order chi connectivity index (χ0) is 13.8. The smallest absolute Gasteiger partial charge is 0.141 e. The summed E-state index contributed by atoms with van der Waals surface area (Å²) in [6.45, 7) is 0.493. The van der Waals surface area contributed by atoms with Crippen molar-refractivity contribution >= 4 is 28.9 Å². The van der Waals surface area contributed by atoms with Crippen LogP contribution in [0, 0.1) is 5.82 Å². The Morgan fingerprint density at radius 2 is 1.89 bits per heavy atom. The van der Waals surface area contributed by atoms with E-state index in [4.69, 9.17) is 27.9 Å². The molecule has 2 nitrogen and oxygen atoms in total. The van der Waals surface area contributed by atoms with Crippen molar-refractivity contribution in [1.29, 1.82) is 0 Å². The van der Waals surface area contributed by atoms with E-state index in [0.29, 0.717) is 17.3 Å². The summed E-state index contributed by atoms with van der Waals surface area (Å²) in [6.07, 6.45) is 0. The Morgan fingerprint density at radius 3 is 2.58 bits per heavy atom. The van der Waals surface area contributed by atoms with Gasteiger partial charge in [0.05, 0.1) is 22.8 Å². The van der Waals surface area contributed by atoms with E-state index in [-0.39, 0.29) is 5.02 Å². The van der Waals surface area contributed by atoms with Crippen molar-refractivity contribution in [2.24, 2.45) is 0 Å². The number of methoxy groups -OCH3 is 1. The Morgan fingerprint density at radius 1 is 1.11 bits per heavy atom. The van der Waals surface area contributed by atoms with Gasteiger partial charge in [0.1, 0.15) is 11.6 Å². The molecule has 0 radical (unpaired) electrons. The van der Waals surface area contributed by atoms with Crippen LogP contribution in [0.4, 0.5) is 10.1 Å². The first kappa shape index (κ1) is 14.0. The average Bonchev–Trinajstić information content (AvgIpc) is 2.41. The molecule has 1 N–H and O–H groups in total. The van der Waals surface area contributed by atoms with Crippen LogP contribution in [-0.2, 0) is 6.54 Å². The van der Waals surface area contributed by atoms with E-state index in [9.17, 15) is 4.39 Å². The van der Waals surface area contributed by atoms with Crippen molar-refractivity contribution in [2.75, 3.05) is 12.4 Å². The molecule has 2 aromatic carbocycles. The third kappa shape index (κ3) is 3.52. The molecule has 0 unspecified atom stereocenters. The number of hydrogen-bond donors (Lipinski definition) is 1. The summed E-state index contributed by atoms with van der Waals surface area (Å²) in [6, 6.07) is 9.92. The topological polar surface area (TPSA) is 21.3 Å². The van der Waals surface area contributed by atoms with Gasteiger partial charge in [0.25, 0.3) is 0 Å². The first-order valence-electron chi connectivity index (χ1n) is 5.61. The molecule has 0 fully saturated rings. The molecule has 5 heteroatoms. The third-order valence-corrected chi connectivity index (χ3v) is 3.26. The Balaban J connectivity index is 2.11. The van der Waals surface area contributed by atoms with Crippen LogP contribution < -0.4 is 10.1 Å². The first-order valence-corrected chi connectivity index (χ1v) is 6.37.